The van der Waals surface area contributed by atoms with Crippen LogP contribution < -0.4 is 10.1 Å². The summed E-state index contributed by atoms with van der Waals surface area (Å²) in [5.74, 6) is 0.231. The molecule has 8 heteroatoms. The highest BCUT2D eigenvalue weighted by Gasteiger charge is 2.08. The van der Waals surface area contributed by atoms with E-state index < -0.39 is 6.61 Å². The van der Waals surface area contributed by atoms with Gasteiger partial charge in [-0.3, -0.25) is 4.98 Å². The van der Waals surface area contributed by atoms with E-state index in [-0.39, 0.29) is 5.88 Å². The SMILES string of the molecule is FC(F)Oc1cccc(Nc2ncc(-c3cccnc3)s2)n1. The first-order valence-electron chi connectivity index (χ1n) is 6.26. The van der Waals surface area contributed by atoms with Gasteiger partial charge < -0.3 is 10.1 Å². The molecular formula is C14H10F2N4OS. The molecule has 0 aliphatic rings. The highest BCUT2D eigenvalue weighted by molar-refractivity contribution is 7.18. The normalized spacial score (nSPS) is 10.7. The molecule has 112 valence electrons. The average Bonchev–Trinajstić information content (AvgIpc) is 2.96. The van der Waals surface area contributed by atoms with Gasteiger partial charge in [0.15, 0.2) is 5.13 Å². The van der Waals surface area contributed by atoms with E-state index in [9.17, 15) is 8.78 Å². The average molecular weight is 320 g/mol. The molecule has 0 unspecified atom stereocenters. The molecule has 0 aromatic carbocycles. The Kier molecular flexibility index (Phi) is 4.19. The molecule has 0 fully saturated rings. The van der Waals surface area contributed by atoms with Crippen LogP contribution in [0.1, 0.15) is 0 Å². The summed E-state index contributed by atoms with van der Waals surface area (Å²) in [7, 11) is 0. The van der Waals surface area contributed by atoms with Crippen molar-refractivity contribution >= 4 is 22.3 Å². The Hall–Kier alpha value is -2.61. The molecule has 0 aliphatic heterocycles. The summed E-state index contributed by atoms with van der Waals surface area (Å²) in [6, 6.07) is 8.35. The number of alkyl halides is 2. The zero-order chi connectivity index (χ0) is 15.4. The van der Waals surface area contributed by atoms with E-state index in [0.717, 1.165) is 10.4 Å². The van der Waals surface area contributed by atoms with Crippen LogP contribution in [0.5, 0.6) is 5.88 Å². The van der Waals surface area contributed by atoms with E-state index in [4.69, 9.17) is 0 Å². The molecule has 0 radical (unpaired) electrons. The maximum atomic E-state index is 12.2. The molecular weight excluding hydrogens is 310 g/mol. The van der Waals surface area contributed by atoms with Crippen LogP contribution in [0.25, 0.3) is 10.4 Å². The standard InChI is InChI=1S/C14H10F2N4OS/c15-13(16)21-12-5-1-4-11(19-12)20-14-18-8-10(22-14)9-3-2-6-17-7-9/h1-8,13H,(H,18,19,20). The Bertz CT molecular complexity index is 751. The number of hydrogen-bond acceptors (Lipinski definition) is 6. The van der Waals surface area contributed by atoms with Gasteiger partial charge >= 0.3 is 6.61 Å². The van der Waals surface area contributed by atoms with E-state index in [1.165, 1.54) is 17.4 Å². The van der Waals surface area contributed by atoms with E-state index >= 15 is 0 Å². The lowest BCUT2D eigenvalue weighted by Gasteiger charge is -2.05. The van der Waals surface area contributed by atoms with Crippen molar-refractivity contribution in [1.29, 1.82) is 0 Å². The Morgan fingerprint density at radius 3 is 2.82 bits per heavy atom. The Morgan fingerprint density at radius 1 is 1.14 bits per heavy atom. The molecule has 0 saturated heterocycles. The lowest BCUT2D eigenvalue weighted by Crippen LogP contribution is -2.04. The fraction of sp³-hybridized carbons (Fsp3) is 0.0714. The maximum absolute atomic E-state index is 12.2. The van der Waals surface area contributed by atoms with Crippen molar-refractivity contribution in [3.63, 3.8) is 0 Å². The molecule has 0 amide bonds. The minimum absolute atomic E-state index is 0.149. The third-order valence-corrected chi connectivity index (χ3v) is 3.58. The van der Waals surface area contributed by atoms with Gasteiger partial charge in [0.25, 0.3) is 0 Å². The predicted molar refractivity (Wildman–Crippen MR) is 79.5 cm³/mol. The van der Waals surface area contributed by atoms with Crippen molar-refractivity contribution in [3.05, 3.63) is 48.9 Å². The first-order chi connectivity index (χ1) is 10.7. The van der Waals surface area contributed by atoms with Gasteiger partial charge in [-0.15, -0.1) is 0 Å². The smallest absolute Gasteiger partial charge is 0.388 e. The molecule has 22 heavy (non-hydrogen) atoms. The molecule has 0 bridgehead atoms. The molecule has 3 aromatic heterocycles. The summed E-state index contributed by atoms with van der Waals surface area (Å²) in [6.45, 7) is -2.90. The van der Waals surface area contributed by atoms with Crippen LogP contribution in [-0.2, 0) is 0 Å². The summed E-state index contributed by atoms with van der Waals surface area (Å²) < 4.78 is 28.6. The van der Waals surface area contributed by atoms with Crippen molar-refractivity contribution in [3.8, 4) is 16.3 Å². The monoisotopic (exact) mass is 320 g/mol. The summed E-state index contributed by atoms with van der Waals surface area (Å²) in [5, 5.41) is 3.56. The maximum Gasteiger partial charge on any atom is 0.388 e. The van der Waals surface area contributed by atoms with Gasteiger partial charge in [-0.05, 0) is 12.1 Å². The third kappa shape index (κ3) is 3.53. The number of rotatable bonds is 5. The molecule has 0 atom stereocenters. The van der Waals surface area contributed by atoms with Crippen LogP contribution >= 0.6 is 11.3 Å². The van der Waals surface area contributed by atoms with Crippen molar-refractivity contribution in [1.82, 2.24) is 15.0 Å². The number of pyridine rings is 2. The van der Waals surface area contributed by atoms with Crippen LogP contribution in [0.4, 0.5) is 19.7 Å². The fourth-order valence-electron chi connectivity index (χ4n) is 1.72. The first-order valence-corrected chi connectivity index (χ1v) is 7.07. The second-order valence-corrected chi connectivity index (χ2v) is 5.17. The van der Waals surface area contributed by atoms with Crippen LogP contribution in [0.2, 0.25) is 0 Å². The quantitative estimate of drug-likeness (QED) is 0.771. The number of ether oxygens (including phenoxy) is 1. The molecule has 0 aliphatic carbocycles. The fourth-order valence-corrected chi connectivity index (χ4v) is 2.54. The third-order valence-electron chi connectivity index (χ3n) is 2.62. The van der Waals surface area contributed by atoms with Crippen molar-refractivity contribution in [2.45, 2.75) is 6.61 Å². The number of nitrogens with zero attached hydrogens (tertiary/aromatic N) is 3. The molecule has 0 spiro atoms. The summed E-state index contributed by atoms with van der Waals surface area (Å²) in [4.78, 5) is 13.2. The minimum atomic E-state index is -2.90. The Morgan fingerprint density at radius 2 is 2.05 bits per heavy atom. The minimum Gasteiger partial charge on any atom is -0.417 e. The summed E-state index contributed by atoms with van der Waals surface area (Å²) in [5.41, 5.74) is 0.954. The number of aromatic nitrogens is 3. The molecule has 0 saturated carbocycles. The zero-order valence-corrected chi connectivity index (χ0v) is 11.9. The van der Waals surface area contributed by atoms with Gasteiger partial charge in [0.2, 0.25) is 5.88 Å². The van der Waals surface area contributed by atoms with Gasteiger partial charge in [0.05, 0.1) is 4.88 Å². The van der Waals surface area contributed by atoms with Gasteiger partial charge in [-0.2, -0.15) is 13.8 Å². The van der Waals surface area contributed by atoms with Gasteiger partial charge in [-0.1, -0.05) is 23.5 Å². The number of hydrogen-bond donors (Lipinski definition) is 1. The number of halogens is 2. The van der Waals surface area contributed by atoms with Gasteiger partial charge in [0.1, 0.15) is 5.82 Å². The first kappa shape index (κ1) is 14.3. The highest BCUT2D eigenvalue weighted by atomic mass is 32.1. The van der Waals surface area contributed by atoms with Crippen LogP contribution in [-0.4, -0.2) is 21.6 Å². The predicted octanol–water partition coefficient (Wildman–Crippen LogP) is 3.95. The number of nitrogens with one attached hydrogen (secondary N) is 1. The van der Waals surface area contributed by atoms with Crippen LogP contribution in [0.15, 0.2) is 48.9 Å². The lowest BCUT2D eigenvalue weighted by atomic mass is 10.3. The van der Waals surface area contributed by atoms with E-state index in [1.54, 1.807) is 30.7 Å². The van der Waals surface area contributed by atoms with Crippen LogP contribution in [0.3, 0.4) is 0 Å². The second-order valence-electron chi connectivity index (χ2n) is 4.14. The van der Waals surface area contributed by atoms with E-state index in [2.05, 4.69) is 25.0 Å². The topological polar surface area (TPSA) is 59.9 Å². The molecule has 1 N–H and O–H groups in total. The second kappa shape index (κ2) is 6.44. The van der Waals surface area contributed by atoms with Crippen LogP contribution in [0, 0.1) is 0 Å². The molecule has 3 rings (SSSR count). The Balaban J connectivity index is 1.75. The molecule has 3 heterocycles. The van der Waals surface area contributed by atoms with Crippen molar-refractivity contribution in [2.75, 3.05) is 5.32 Å². The van der Waals surface area contributed by atoms with E-state index in [1.807, 2.05) is 12.1 Å². The van der Waals surface area contributed by atoms with E-state index in [0.29, 0.717) is 10.9 Å². The highest BCUT2D eigenvalue weighted by Crippen LogP contribution is 2.30. The number of thiazole rings is 1. The number of anilines is 2. The molecule has 5 nitrogen and oxygen atoms in total. The lowest BCUT2D eigenvalue weighted by molar-refractivity contribution is -0.0527. The molecule has 3 aromatic rings. The zero-order valence-electron chi connectivity index (χ0n) is 11.1. The largest absolute Gasteiger partial charge is 0.417 e. The van der Waals surface area contributed by atoms with Gasteiger partial charge in [0, 0.05) is 30.2 Å². The van der Waals surface area contributed by atoms with Crippen molar-refractivity contribution in [2.24, 2.45) is 0 Å². The summed E-state index contributed by atoms with van der Waals surface area (Å²) >= 11 is 1.41. The summed E-state index contributed by atoms with van der Waals surface area (Å²) in [6.07, 6.45) is 5.15. The van der Waals surface area contributed by atoms with Crippen molar-refractivity contribution < 1.29 is 13.5 Å². The van der Waals surface area contributed by atoms with Gasteiger partial charge in [-0.25, -0.2) is 4.98 Å². The Labute approximate surface area is 128 Å².